The molecule has 0 fully saturated rings. The number of esters is 1. The topological polar surface area (TPSA) is 29.5 Å². The monoisotopic (exact) mass is 249 g/mol. The maximum Gasteiger partial charge on any atom is 0.323 e. The van der Waals surface area contributed by atoms with Crippen LogP contribution < -0.4 is 0 Å². The van der Waals surface area contributed by atoms with Crippen molar-refractivity contribution in [2.45, 2.75) is 40.3 Å². The molecule has 0 radical (unpaired) electrons. The number of benzene rings is 1. The molecular formula is C15H23NO2. The molecule has 100 valence electrons. The van der Waals surface area contributed by atoms with Gasteiger partial charge in [0.15, 0.2) is 0 Å². The fourth-order valence-electron chi connectivity index (χ4n) is 1.91. The minimum absolute atomic E-state index is 0.181. The summed E-state index contributed by atoms with van der Waals surface area (Å²) in [4.78, 5) is 13.6. The van der Waals surface area contributed by atoms with Crippen molar-refractivity contribution >= 4 is 5.97 Å². The van der Waals surface area contributed by atoms with Crippen LogP contribution in [0.2, 0.25) is 0 Å². The summed E-state index contributed by atoms with van der Waals surface area (Å²) in [5.74, 6) is -0.181. The van der Waals surface area contributed by atoms with Gasteiger partial charge >= 0.3 is 5.97 Å². The zero-order valence-corrected chi connectivity index (χ0v) is 12.2. The van der Waals surface area contributed by atoms with Crippen molar-refractivity contribution < 1.29 is 9.53 Å². The number of aryl methyl sites for hydroxylation is 3. The number of rotatable bonds is 4. The largest absolute Gasteiger partial charge is 0.460 e. The van der Waals surface area contributed by atoms with Crippen LogP contribution in [0.4, 0.5) is 0 Å². The molecule has 0 bridgehead atoms. The third-order valence-corrected chi connectivity index (χ3v) is 3.31. The van der Waals surface area contributed by atoms with Crippen LogP contribution in [0, 0.1) is 20.8 Å². The van der Waals surface area contributed by atoms with E-state index in [0.29, 0.717) is 6.61 Å². The van der Waals surface area contributed by atoms with Crippen molar-refractivity contribution in [3.05, 3.63) is 34.4 Å². The Morgan fingerprint density at radius 1 is 1.22 bits per heavy atom. The number of ether oxygens (including phenoxy) is 1. The molecule has 0 saturated carbocycles. The molecule has 0 aliphatic rings. The summed E-state index contributed by atoms with van der Waals surface area (Å²) < 4.78 is 5.37. The average molecular weight is 249 g/mol. The third kappa shape index (κ3) is 3.57. The molecule has 0 aromatic heterocycles. The lowest BCUT2D eigenvalue weighted by molar-refractivity contribution is -0.149. The van der Waals surface area contributed by atoms with Gasteiger partial charge in [0.2, 0.25) is 0 Å². The molecule has 1 rings (SSSR count). The van der Waals surface area contributed by atoms with Crippen molar-refractivity contribution in [1.82, 2.24) is 4.90 Å². The van der Waals surface area contributed by atoms with Gasteiger partial charge in [-0.2, -0.15) is 0 Å². The highest BCUT2D eigenvalue weighted by atomic mass is 16.5. The summed E-state index contributed by atoms with van der Waals surface area (Å²) in [6.45, 7) is 8.38. The zero-order valence-electron chi connectivity index (χ0n) is 12.2. The first-order valence-electron chi connectivity index (χ1n) is 6.22. The molecule has 0 amide bonds. The summed E-state index contributed by atoms with van der Waals surface area (Å²) in [6, 6.07) is 4.02. The lowest BCUT2D eigenvalue weighted by Gasteiger charge is -2.19. The number of nitrogens with zero attached hydrogens (tertiary/aromatic N) is 1. The second-order valence-corrected chi connectivity index (χ2v) is 5.12. The first kappa shape index (κ1) is 14.7. The predicted octanol–water partition coefficient (Wildman–Crippen LogP) is 2.61. The minimum Gasteiger partial charge on any atom is -0.460 e. The maximum absolute atomic E-state index is 11.8. The molecule has 1 atom stereocenters. The normalized spacial score (nSPS) is 12.6. The quantitative estimate of drug-likeness (QED) is 0.768. The molecule has 0 heterocycles. The van der Waals surface area contributed by atoms with Gasteiger partial charge in [0, 0.05) is 0 Å². The van der Waals surface area contributed by atoms with Crippen LogP contribution in [0.5, 0.6) is 0 Å². The molecule has 0 aliphatic carbocycles. The van der Waals surface area contributed by atoms with E-state index in [9.17, 15) is 4.79 Å². The van der Waals surface area contributed by atoms with Crippen LogP contribution in [-0.2, 0) is 16.1 Å². The summed E-state index contributed by atoms with van der Waals surface area (Å²) >= 11 is 0. The number of hydrogen-bond acceptors (Lipinski definition) is 3. The Bertz CT molecular complexity index is 415. The molecule has 1 aromatic carbocycles. The van der Waals surface area contributed by atoms with E-state index in [1.807, 2.05) is 25.9 Å². The number of carbonyl (C=O) groups is 1. The summed E-state index contributed by atoms with van der Waals surface area (Å²) in [5, 5.41) is 0. The van der Waals surface area contributed by atoms with Crippen molar-refractivity contribution in [1.29, 1.82) is 0 Å². The number of likely N-dealkylation sites (N-methyl/N-ethyl adjacent to an activating group) is 1. The molecule has 0 saturated heterocycles. The van der Waals surface area contributed by atoms with Crippen LogP contribution in [0.1, 0.15) is 29.2 Å². The number of carbonyl (C=O) groups excluding carboxylic acids is 1. The highest BCUT2D eigenvalue weighted by molar-refractivity contribution is 5.75. The van der Waals surface area contributed by atoms with E-state index >= 15 is 0 Å². The van der Waals surface area contributed by atoms with Gasteiger partial charge in [-0.25, -0.2) is 0 Å². The Morgan fingerprint density at radius 2 is 1.72 bits per heavy atom. The van der Waals surface area contributed by atoms with E-state index in [-0.39, 0.29) is 12.0 Å². The van der Waals surface area contributed by atoms with Gasteiger partial charge in [-0.3, -0.25) is 9.69 Å². The molecule has 0 N–H and O–H groups in total. The Hall–Kier alpha value is -1.35. The highest BCUT2D eigenvalue weighted by Gasteiger charge is 2.17. The Labute approximate surface area is 110 Å². The van der Waals surface area contributed by atoms with E-state index in [1.165, 1.54) is 16.7 Å². The Morgan fingerprint density at radius 3 is 2.17 bits per heavy atom. The lowest BCUT2D eigenvalue weighted by Crippen LogP contribution is -2.34. The van der Waals surface area contributed by atoms with Gasteiger partial charge in [-0.15, -0.1) is 0 Å². The van der Waals surface area contributed by atoms with Gasteiger partial charge in [0.25, 0.3) is 0 Å². The van der Waals surface area contributed by atoms with Crippen molar-refractivity contribution in [3.8, 4) is 0 Å². The van der Waals surface area contributed by atoms with Crippen LogP contribution in [0.3, 0.4) is 0 Å². The fourth-order valence-corrected chi connectivity index (χ4v) is 1.91. The zero-order chi connectivity index (χ0) is 13.9. The Kier molecular flexibility index (Phi) is 4.91. The number of hydrogen-bond donors (Lipinski definition) is 0. The highest BCUT2D eigenvalue weighted by Crippen LogP contribution is 2.17. The fraction of sp³-hybridized carbons (Fsp3) is 0.533. The first-order chi connectivity index (χ1) is 8.32. The van der Waals surface area contributed by atoms with Crippen molar-refractivity contribution in [2.24, 2.45) is 0 Å². The van der Waals surface area contributed by atoms with Gasteiger partial charge in [-0.05, 0) is 58.5 Å². The van der Waals surface area contributed by atoms with E-state index in [4.69, 9.17) is 4.74 Å². The van der Waals surface area contributed by atoms with Crippen molar-refractivity contribution in [3.63, 3.8) is 0 Å². The minimum atomic E-state index is -0.212. The van der Waals surface area contributed by atoms with E-state index in [0.717, 1.165) is 5.56 Å². The van der Waals surface area contributed by atoms with Crippen LogP contribution in [0.15, 0.2) is 12.1 Å². The predicted molar refractivity (Wildman–Crippen MR) is 73.6 cm³/mol. The molecule has 0 aliphatic heterocycles. The van der Waals surface area contributed by atoms with Gasteiger partial charge in [-0.1, -0.05) is 17.7 Å². The average Bonchev–Trinajstić information content (AvgIpc) is 2.25. The maximum atomic E-state index is 11.8. The molecule has 3 heteroatoms. The first-order valence-corrected chi connectivity index (χ1v) is 6.22. The molecule has 0 spiro atoms. The molecular weight excluding hydrogens is 226 g/mol. The summed E-state index contributed by atoms with van der Waals surface area (Å²) in [7, 11) is 3.74. The van der Waals surface area contributed by atoms with Crippen molar-refractivity contribution in [2.75, 3.05) is 14.1 Å². The summed E-state index contributed by atoms with van der Waals surface area (Å²) in [5.41, 5.74) is 4.71. The van der Waals surface area contributed by atoms with Crippen LogP contribution in [-0.4, -0.2) is 31.0 Å². The van der Waals surface area contributed by atoms with Crippen LogP contribution in [0.25, 0.3) is 0 Å². The smallest absolute Gasteiger partial charge is 0.323 e. The second kappa shape index (κ2) is 6.01. The van der Waals surface area contributed by atoms with Crippen LogP contribution >= 0.6 is 0 Å². The standard InChI is InChI=1S/C15H23NO2/c1-10-7-11(2)14(12(3)8-10)9-18-15(17)13(4)16(5)6/h7-8,13H,9H2,1-6H3/t13-/m0/s1. The molecule has 1 aromatic rings. The molecule has 18 heavy (non-hydrogen) atoms. The lowest BCUT2D eigenvalue weighted by atomic mass is 10.0. The summed E-state index contributed by atoms with van der Waals surface area (Å²) in [6.07, 6.45) is 0. The SMILES string of the molecule is Cc1cc(C)c(COC(=O)[C@H](C)N(C)C)c(C)c1. The van der Waals surface area contributed by atoms with E-state index in [1.54, 1.807) is 0 Å². The van der Waals surface area contributed by atoms with Gasteiger partial charge in [0.1, 0.15) is 12.6 Å². The second-order valence-electron chi connectivity index (χ2n) is 5.12. The van der Waals surface area contributed by atoms with E-state index < -0.39 is 0 Å². The molecule has 0 unspecified atom stereocenters. The third-order valence-electron chi connectivity index (χ3n) is 3.31. The molecule has 3 nitrogen and oxygen atoms in total. The van der Waals surface area contributed by atoms with Gasteiger partial charge < -0.3 is 4.74 Å². The Balaban J connectivity index is 2.73. The van der Waals surface area contributed by atoms with E-state index in [2.05, 4.69) is 32.9 Å². The van der Waals surface area contributed by atoms with Gasteiger partial charge in [0.05, 0.1) is 0 Å².